The minimum atomic E-state index is -0.866. The maximum Gasteiger partial charge on any atom is 0.163 e. The third kappa shape index (κ3) is 3.08. The highest BCUT2D eigenvalue weighted by Crippen LogP contribution is 2.25. The van der Waals surface area contributed by atoms with Crippen LogP contribution in [-0.2, 0) is 0 Å². The lowest BCUT2D eigenvalue weighted by Gasteiger charge is -2.18. The molecule has 0 saturated carbocycles. The molecule has 0 fully saturated rings. The van der Waals surface area contributed by atoms with E-state index in [1.807, 2.05) is 6.92 Å². The predicted molar refractivity (Wildman–Crippen MR) is 71.1 cm³/mol. The van der Waals surface area contributed by atoms with Crippen molar-refractivity contribution in [3.8, 4) is 0 Å². The molecule has 0 amide bonds. The van der Waals surface area contributed by atoms with Crippen molar-refractivity contribution in [1.82, 2.24) is 10.3 Å². The van der Waals surface area contributed by atoms with Crippen LogP contribution in [0, 0.1) is 11.6 Å². The van der Waals surface area contributed by atoms with E-state index in [9.17, 15) is 8.78 Å². The fourth-order valence-electron chi connectivity index (χ4n) is 1.88. The van der Waals surface area contributed by atoms with E-state index in [-0.39, 0.29) is 5.56 Å². The summed E-state index contributed by atoms with van der Waals surface area (Å²) in [5, 5.41) is 3.59. The zero-order chi connectivity index (χ0) is 13.8. The number of hydrogen-bond donors (Lipinski definition) is 1. The van der Waals surface area contributed by atoms with Crippen LogP contribution < -0.4 is 5.32 Å². The van der Waals surface area contributed by atoms with E-state index >= 15 is 0 Å². The molecule has 100 valence electrons. The fraction of sp³-hybridized carbons (Fsp3) is 0.214. The van der Waals surface area contributed by atoms with Crippen LogP contribution in [0.2, 0.25) is 5.02 Å². The van der Waals surface area contributed by atoms with Crippen molar-refractivity contribution in [2.45, 2.75) is 13.0 Å². The number of halogens is 3. The molecule has 0 aliphatic heterocycles. The van der Waals surface area contributed by atoms with Gasteiger partial charge in [-0.25, -0.2) is 8.78 Å². The van der Waals surface area contributed by atoms with Crippen LogP contribution in [0.25, 0.3) is 0 Å². The van der Waals surface area contributed by atoms with E-state index in [0.29, 0.717) is 17.3 Å². The summed E-state index contributed by atoms with van der Waals surface area (Å²) < 4.78 is 27.2. The first-order valence-electron chi connectivity index (χ1n) is 5.92. The Morgan fingerprint density at radius 1 is 1.26 bits per heavy atom. The van der Waals surface area contributed by atoms with Gasteiger partial charge in [0.1, 0.15) is 0 Å². The molecule has 2 nitrogen and oxygen atoms in total. The molecule has 2 aromatic rings. The average molecular weight is 283 g/mol. The molecule has 19 heavy (non-hydrogen) atoms. The molecule has 0 saturated heterocycles. The van der Waals surface area contributed by atoms with Crippen LogP contribution >= 0.6 is 11.6 Å². The molecule has 1 unspecified atom stereocenters. The van der Waals surface area contributed by atoms with Crippen molar-refractivity contribution in [2.75, 3.05) is 6.54 Å². The van der Waals surface area contributed by atoms with Gasteiger partial charge in [-0.15, -0.1) is 0 Å². The van der Waals surface area contributed by atoms with Gasteiger partial charge in [0.25, 0.3) is 0 Å². The second-order valence-electron chi connectivity index (χ2n) is 4.04. The molecule has 1 N–H and O–H groups in total. The van der Waals surface area contributed by atoms with Gasteiger partial charge in [-0.05, 0) is 24.7 Å². The highest BCUT2D eigenvalue weighted by atomic mass is 35.5. The Kier molecular flexibility index (Phi) is 4.45. The van der Waals surface area contributed by atoms with Crippen LogP contribution in [0.3, 0.4) is 0 Å². The lowest BCUT2D eigenvalue weighted by molar-refractivity contribution is 0.481. The summed E-state index contributed by atoms with van der Waals surface area (Å²) in [4.78, 5) is 4.16. The quantitative estimate of drug-likeness (QED) is 0.925. The third-order valence-electron chi connectivity index (χ3n) is 2.75. The Labute approximate surface area is 115 Å². The summed E-state index contributed by atoms with van der Waals surface area (Å²) in [6, 6.07) is 6.98. The molecule has 0 spiro atoms. The summed E-state index contributed by atoms with van der Waals surface area (Å²) in [7, 11) is 0. The Morgan fingerprint density at radius 3 is 2.68 bits per heavy atom. The average Bonchev–Trinajstić information content (AvgIpc) is 2.41. The highest BCUT2D eigenvalue weighted by molar-refractivity contribution is 6.30. The maximum atomic E-state index is 13.9. The van der Waals surface area contributed by atoms with Gasteiger partial charge in [-0.2, -0.15) is 0 Å². The molecule has 0 radical (unpaired) electrons. The van der Waals surface area contributed by atoms with Crippen molar-refractivity contribution in [1.29, 1.82) is 0 Å². The van der Waals surface area contributed by atoms with Crippen LogP contribution in [0.4, 0.5) is 8.78 Å². The number of nitrogens with zero attached hydrogens (tertiary/aromatic N) is 1. The molecular weight excluding hydrogens is 270 g/mol. The largest absolute Gasteiger partial charge is 0.305 e. The lowest BCUT2D eigenvalue weighted by atomic mass is 10.0. The normalized spacial score (nSPS) is 12.4. The van der Waals surface area contributed by atoms with Gasteiger partial charge in [0, 0.05) is 11.8 Å². The topological polar surface area (TPSA) is 24.9 Å². The van der Waals surface area contributed by atoms with E-state index < -0.39 is 17.7 Å². The van der Waals surface area contributed by atoms with E-state index in [1.165, 1.54) is 12.3 Å². The van der Waals surface area contributed by atoms with Gasteiger partial charge in [-0.1, -0.05) is 30.7 Å². The molecule has 1 heterocycles. The summed E-state index contributed by atoms with van der Waals surface area (Å²) >= 11 is 5.78. The number of nitrogens with one attached hydrogen (secondary N) is 1. The summed E-state index contributed by atoms with van der Waals surface area (Å²) in [5.74, 6) is -1.72. The van der Waals surface area contributed by atoms with Crippen LogP contribution in [0.15, 0.2) is 36.5 Å². The first-order chi connectivity index (χ1) is 9.13. The van der Waals surface area contributed by atoms with E-state index in [0.717, 1.165) is 6.07 Å². The molecule has 0 aliphatic carbocycles. The van der Waals surface area contributed by atoms with Gasteiger partial charge in [0.15, 0.2) is 11.6 Å². The van der Waals surface area contributed by atoms with Crippen LogP contribution in [0.5, 0.6) is 0 Å². The van der Waals surface area contributed by atoms with Gasteiger partial charge < -0.3 is 5.32 Å². The second-order valence-corrected chi connectivity index (χ2v) is 4.47. The van der Waals surface area contributed by atoms with E-state index in [2.05, 4.69) is 10.3 Å². The van der Waals surface area contributed by atoms with E-state index in [1.54, 1.807) is 18.2 Å². The monoisotopic (exact) mass is 282 g/mol. The summed E-state index contributed by atoms with van der Waals surface area (Å²) in [6.45, 7) is 2.49. The Bertz CT molecular complexity index is 558. The maximum absolute atomic E-state index is 13.9. The second kappa shape index (κ2) is 6.08. The van der Waals surface area contributed by atoms with Crippen LogP contribution in [-0.4, -0.2) is 11.5 Å². The number of hydrogen-bond acceptors (Lipinski definition) is 2. The van der Waals surface area contributed by atoms with Gasteiger partial charge >= 0.3 is 0 Å². The molecule has 5 heteroatoms. The van der Waals surface area contributed by atoms with Crippen molar-refractivity contribution in [3.05, 3.63) is 64.4 Å². The molecule has 0 aliphatic rings. The smallest absolute Gasteiger partial charge is 0.163 e. The minimum absolute atomic E-state index is 0.233. The molecular formula is C14H13ClF2N2. The number of rotatable bonds is 4. The molecule has 1 aromatic carbocycles. The predicted octanol–water partition coefficient (Wildman–Crippen LogP) is 3.71. The lowest BCUT2D eigenvalue weighted by Crippen LogP contribution is -2.24. The fourth-order valence-corrected chi connectivity index (χ4v) is 1.99. The number of aromatic nitrogens is 1. The zero-order valence-electron chi connectivity index (χ0n) is 10.3. The Hall–Kier alpha value is -1.52. The standard InChI is InChI=1S/C14H13ClF2N2/c1-2-18-14(12-7-6-9(15)8-19-12)10-4-3-5-11(16)13(10)17/h3-8,14,18H,2H2,1H3. The first kappa shape index (κ1) is 13.9. The molecule has 2 rings (SSSR count). The third-order valence-corrected chi connectivity index (χ3v) is 2.97. The first-order valence-corrected chi connectivity index (χ1v) is 6.30. The Balaban J connectivity index is 2.45. The van der Waals surface area contributed by atoms with Crippen molar-refractivity contribution < 1.29 is 8.78 Å². The summed E-state index contributed by atoms with van der Waals surface area (Å²) in [5.41, 5.74) is 0.826. The zero-order valence-corrected chi connectivity index (χ0v) is 11.1. The van der Waals surface area contributed by atoms with Crippen molar-refractivity contribution in [3.63, 3.8) is 0 Å². The van der Waals surface area contributed by atoms with Gasteiger partial charge in [0.2, 0.25) is 0 Å². The minimum Gasteiger partial charge on any atom is -0.305 e. The highest BCUT2D eigenvalue weighted by Gasteiger charge is 2.20. The SMILES string of the molecule is CCNC(c1ccc(Cl)cn1)c1cccc(F)c1F. The van der Waals surface area contributed by atoms with E-state index in [4.69, 9.17) is 11.6 Å². The number of benzene rings is 1. The van der Waals surface area contributed by atoms with Crippen molar-refractivity contribution >= 4 is 11.6 Å². The van der Waals surface area contributed by atoms with Crippen LogP contribution in [0.1, 0.15) is 24.2 Å². The number of pyridine rings is 1. The van der Waals surface area contributed by atoms with Crippen molar-refractivity contribution in [2.24, 2.45) is 0 Å². The van der Waals surface area contributed by atoms with Gasteiger partial charge in [0.05, 0.1) is 16.8 Å². The summed E-state index contributed by atoms with van der Waals surface area (Å²) in [6.07, 6.45) is 1.48. The molecule has 0 bridgehead atoms. The Morgan fingerprint density at radius 2 is 2.05 bits per heavy atom. The van der Waals surface area contributed by atoms with Gasteiger partial charge in [-0.3, -0.25) is 4.98 Å². The molecule has 1 atom stereocenters. The molecule has 1 aromatic heterocycles.